The van der Waals surface area contributed by atoms with Crippen LogP contribution in [0.25, 0.3) is 22.2 Å². The zero-order valence-electron chi connectivity index (χ0n) is 23.7. The van der Waals surface area contributed by atoms with Gasteiger partial charge in [-0.15, -0.1) is 0 Å². The molecule has 3 heterocycles. The largest absolute Gasteiger partial charge is 0.473 e. The summed E-state index contributed by atoms with van der Waals surface area (Å²) in [6.45, 7) is 4.45. The third-order valence-electron chi connectivity index (χ3n) is 7.61. The number of nitrogens with zero attached hydrogens (tertiary/aromatic N) is 5. The third-order valence-corrected chi connectivity index (χ3v) is 7.61. The van der Waals surface area contributed by atoms with E-state index in [1.165, 1.54) is 4.90 Å². The molecule has 1 amide bonds. The molecule has 1 saturated heterocycles. The maximum Gasteiger partial charge on any atom is 0.407 e. The van der Waals surface area contributed by atoms with Crippen LogP contribution in [-0.2, 0) is 20.3 Å². The van der Waals surface area contributed by atoms with Gasteiger partial charge < -0.3 is 24.4 Å². The van der Waals surface area contributed by atoms with Crippen molar-refractivity contribution in [2.75, 3.05) is 24.5 Å². The molecule has 0 saturated carbocycles. The third kappa shape index (κ3) is 5.72. The fourth-order valence-electron chi connectivity index (χ4n) is 5.37. The molecule has 42 heavy (non-hydrogen) atoms. The number of anilines is 1. The Labute approximate surface area is 244 Å². The number of rotatable bonds is 8. The van der Waals surface area contributed by atoms with Gasteiger partial charge in [0, 0.05) is 49.9 Å². The van der Waals surface area contributed by atoms with Crippen LogP contribution in [0.5, 0.6) is 11.8 Å². The van der Waals surface area contributed by atoms with E-state index in [9.17, 15) is 9.90 Å². The van der Waals surface area contributed by atoms with Crippen LogP contribution >= 0.6 is 0 Å². The average Bonchev–Trinajstić information content (AvgIpc) is 3.35. The van der Waals surface area contributed by atoms with E-state index in [-0.39, 0.29) is 6.04 Å². The summed E-state index contributed by atoms with van der Waals surface area (Å²) in [6, 6.07) is 29.9. The maximum atomic E-state index is 11.5. The lowest BCUT2D eigenvalue weighted by Crippen LogP contribution is -2.53. The fourth-order valence-corrected chi connectivity index (χ4v) is 5.37. The number of ether oxygens (including phenoxy) is 2. The first kappa shape index (κ1) is 27.1. The molecular weight excluding hydrogens is 530 g/mol. The van der Waals surface area contributed by atoms with Crippen molar-refractivity contribution >= 4 is 22.7 Å². The first-order chi connectivity index (χ1) is 20.5. The lowest BCUT2D eigenvalue weighted by Gasteiger charge is -2.39. The molecule has 214 valence electrons. The Bertz CT molecular complexity index is 1690. The van der Waals surface area contributed by atoms with Crippen molar-refractivity contribution < 1.29 is 19.4 Å². The van der Waals surface area contributed by atoms with E-state index in [2.05, 4.69) is 23.1 Å². The predicted octanol–water partition coefficient (Wildman–Crippen LogP) is 5.98. The number of fused-ring (bicyclic) bond motifs is 1. The van der Waals surface area contributed by atoms with E-state index in [0.29, 0.717) is 44.6 Å². The van der Waals surface area contributed by atoms with Crippen LogP contribution in [0.15, 0.2) is 91.0 Å². The summed E-state index contributed by atoms with van der Waals surface area (Å²) in [6.07, 6.45) is -0.871. The first-order valence-corrected chi connectivity index (χ1v) is 14.0. The molecule has 5 aromatic rings. The SMILES string of the molecule is C[C@@H]1CN(c2ccc3c(-c4ccc(OCc5ccccc5)nc4OCc4ccccc4)nn(C)c3c2)CCN1C(=O)O. The van der Waals surface area contributed by atoms with Crippen LogP contribution in [0.4, 0.5) is 10.5 Å². The minimum absolute atomic E-state index is 0.0907. The standard InChI is InChI=1S/C33H33N5O4/c1-23-20-37(17-18-38(23)33(39)40)26-13-14-27-29(19-26)36(2)35-31(27)28-15-16-30(41-21-24-9-5-3-6-10-24)34-32(28)42-22-25-11-7-4-8-12-25/h3-16,19,23H,17-18,20-22H2,1-2H3,(H,39,40)/t23-/m1/s1. The predicted molar refractivity (Wildman–Crippen MR) is 162 cm³/mol. The van der Waals surface area contributed by atoms with Gasteiger partial charge >= 0.3 is 6.09 Å². The second kappa shape index (κ2) is 11.8. The van der Waals surface area contributed by atoms with Crippen molar-refractivity contribution in [3.05, 3.63) is 102 Å². The van der Waals surface area contributed by atoms with E-state index in [0.717, 1.165) is 39.0 Å². The summed E-state index contributed by atoms with van der Waals surface area (Å²) in [7, 11) is 1.93. The Hall–Kier alpha value is -5.05. The molecule has 0 bridgehead atoms. The Kier molecular flexibility index (Phi) is 7.64. The first-order valence-electron chi connectivity index (χ1n) is 14.0. The van der Waals surface area contributed by atoms with Crippen molar-refractivity contribution in [3.8, 4) is 23.0 Å². The molecule has 1 aliphatic rings. The number of amides is 1. The molecule has 1 fully saturated rings. The smallest absolute Gasteiger partial charge is 0.407 e. The molecule has 3 aromatic carbocycles. The van der Waals surface area contributed by atoms with Crippen LogP contribution < -0.4 is 14.4 Å². The molecule has 0 unspecified atom stereocenters. The Morgan fingerprint density at radius 3 is 2.26 bits per heavy atom. The highest BCUT2D eigenvalue weighted by atomic mass is 16.5. The van der Waals surface area contributed by atoms with E-state index in [1.807, 2.05) is 91.4 Å². The van der Waals surface area contributed by atoms with Crippen molar-refractivity contribution in [2.24, 2.45) is 7.05 Å². The molecule has 0 radical (unpaired) electrons. The topological polar surface area (TPSA) is 93.0 Å². The van der Waals surface area contributed by atoms with Crippen molar-refractivity contribution in [1.82, 2.24) is 19.7 Å². The molecule has 1 N–H and O–H groups in total. The molecule has 0 aliphatic carbocycles. The molecule has 0 spiro atoms. The minimum atomic E-state index is -0.871. The number of hydrogen-bond donors (Lipinski definition) is 1. The summed E-state index contributed by atoms with van der Waals surface area (Å²) in [5, 5.41) is 15.3. The highest BCUT2D eigenvalue weighted by Gasteiger charge is 2.28. The fraction of sp³-hybridized carbons (Fsp3) is 0.242. The Morgan fingerprint density at radius 1 is 0.905 bits per heavy atom. The number of aromatic nitrogens is 3. The lowest BCUT2D eigenvalue weighted by molar-refractivity contribution is 0.122. The van der Waals surface area contributed by atoms with Gasteiger partial charge in [0.2, 0.25) is 11.8 Å². The van der Waals surface area contributed by atoms with Crippen LogP contribution in [0.1, 0.15) is 18.1 Å². The average molecular weight is 564 g/mol. The summed E-state index contributed by atoms with van der Waals surface area (Å²) < 4.78 is 14.2. The van der Waals surface area contributed by atoms with Gasteiger partial charge in [-0.25, -0.2) is 4.79 Å². The number of hydrogen-bond acceptors (Lipinski definition) is 6. The number of carboxylic acid groups (broad SMARTS) is 1. The molecule has 1 aliphatic heterocycles. The number of pyridine rings is 1. The summed E-state index contributed by atoms with van der Waals surface area (Å²) in [4.78, 5) is 20.0. The van der Waals surface area contributed by atoms with E-state index >= 15 is 0 Å². The molecule has 1 atom stereocenters. The lowest BCUT2D eigenvalue weighted by atomic mass is 10.1. The number of benzene rings is 3. The van der Waals surface area contributed by atoms with Crippen molar-refractivity contribution in [3.63, 3.8) is 0 Å². The highest BCUT2D eigenvalue weighted by Crippen LogP contribution is 2.36. The molecule has 6 rings (SSSR count). The van der Waals surface area contributed by atoms with Gasteiger partial charge in [0.25, 0.3) is 0 Å². The summed E-state index contributed by atoms with van der Waals surface area (Å²) in [5.74, 6) is 0.926. The van der Waals surface area contributed by atoms with Gasteiger partial charge in [-0.3, -0.25) is 4.68 Å². The van der Waals surface area contributed by atoms with Gasteiger partial charge in [-0.05, 0) is 42.3 Å². The zero-order chi connectivity index (χ0) is 29.1. The molecule has 9 heteroatoms. The highest BCUT2D eigenvalue weighted by molar-refractivity contribution is 5.96. The van der Waals surface area contributed by atoms with Gasteiger partial charge in [-0.1, -0.05) is 60.7 Å². The molecular formula is C33H33N5O4. The quantitative estimate of drug-likeness (QED) is 0.248. The normalized spacial score (nSPS) is 15.1. The maximum absolute atomic E-state index is 11.5. The van der Waals surface area contributed by atoms with E-state index in [4.69, 9.17) is 19.6 Å². The van der Waals surface area contributed by atoms with Crippen LogP contribution in [0.2, 0.25) is 0 Å². The van der Waals surface area contributed by atoms with Gasteiger partial charge in [0.1, 0.15) is 18.9 Å². The Morgan fingerprint density at radius 2 is 1.60 bits per heavy atom. The minimum Gasteiger partial charge on any atom is -0.473 e. The van der Waals surface area contributed by atoms with E-state index < -0.39 is 6.09 Å². The summed E-state index contributed by atoms with van der Waals surface area (Å²) in [5.41, 5.74) is 5.65. The Balaban J connectivity index is 1.31. The van der Waals surface area contributed by atoms with Crippen LogP contribution in [-0.4, -0.2) is 56.5 Å². The monoisotopic (exact) mass is 563 g/mol. The summed E-state index contributed by atoms with van der Waals surface area (Å²) >= 11 is 0. The second-order valence-electron chi connectivity index (χ2n) is 10.5. The van der Waals surface area contributed by atoms with Gasteiger partial charge in [0.05, 0.1) is 11.1 Å². The second-order valence-corrected chi connectivity index (χ2v) is 10.5. The van der Waals surface area contributed by atoms with E-state index in [1.54, 1.807) is 0 Å². The van der Waals surface area contributed by atoms with Crippen molar-refractivity contribution in [2.45, 2.75) is 26.2 Å². The van der Waals surface area contributed by atoms with Crippen LogP contribution in [0.3, 0.4) is 0 Å². The zero-order valence-corrected chi connectivity index (χ0v) is 23.7. The van der Waals surface area contributed by atoms with Crippen LogP contribution in [0, 0.1) is 0 Å². The number of piperazine rings is 1. The molecule has 9 nitrogen and oxygen atoms in total. The molecule has 2 aromatic heterocycles. The van der Waals surface area contributed by atoms with Crippen molar-refractivity contribution in [1.29, 1.82) is 0 Å². The number of carbonyl (C=O) groups is 1. The van der Waals surface area contributed by atoms with Gasteiger partial charge in [-0.2, -0.15) is 10.1 Å². The number of aryl methyl sites for hydroxylation is 1. The van der Waals surface area contributed by atoms with Gasteiger partial charge in [0.15, 0.2) is 0 Å².